The van der Waals surface area contributed by atoms with Crippen LogP contribution in [-0.2, 0) is 19.5 Å². The number of aryl methyl sites for hydroxylation is 1. The number of aromatic nitrogens is 3. The fourth-order valence-corrected chi connectivity index (χ4v) is 3.09. The second-order valence-electron chi connectivity index (χ2n) is 5.72. The van der Waals surface area contributed by atoms with Crippen molar-refractivity contribution in [2.24, 2.45) is 0 Å². The van der Waals surface area contributed by atoms with Crippen molar-refractivity contribution in [1.29, 1.82) is 0 Å². The van der Waals surface area contributed by atoms with Gasteiger partial charge < -0.3 is 15.6 Å². The second kappa shape index (κ2) is 5.42. The molecule has 1 aliphatic heterocycles. The molecule has 4 rings (SSSR count). The highest BCUT2D eigenvalue weighted by atomic mass is 15.0. The Labute approximate surface area is 129 Å². The van der Waals surface area contributed by atoms with E-state index in [2.05, 4.69) is 38.6 Å². The molecular weight excluding hydrogens is 274 g/mol. The summed E-state index contributed by atoms with van der Waals surface area (Å²) in [6.07, 6.45) is 4.98. The maximum atomic E-state index is 4.59. The minimum atomic E-state index is 0.765. The number of fused-ring (bicyclic) bond motifs is 2. The van der Waals surface area contributed by atoms with Gasteiger partial charge in [-0.2, -0.15) is 0 Å². The van der Waals surface area contributed by atoms with Gasteiger partial charge in [0.25, 0.3) is 0 Å². The van der Waals surface area contributed by atoms with Crippen molar-refractivity contribution in [3.63, 3.8) is 0 Å². The van der Waals surface area contributed by atoms with Crippen LogP contribution in [0, 0.1) is 6.92 Å². The van der Waals surface area contributed by atoms with Crippen LogP contribution >= 0.6 is 0 Å². The summed E-state index contributed by atoms with van der Waals surface area (Å²) in [5.41, 5.74) is 6.10. The van der Waals surface area contributed by atoms with Gasteiger partial charge in [0.2, 0.25) is 0 Å². The van der Waals surface area contributed by atoms with Crippen LogP contribution in [0.25, 0.3) is 11.0 Å². The van der Waals surface area contributed by atoms with E-state index in [1.54, 1.807) is 0 Å². The standard InChI is InChI=1S/C17H19N5/c1-11-15(14-5-6-18-8-13(14)9-20-11)10-21-16-3-2-12-4-7-19-17(12)22-16/h2-4,7,9,18H,5-6,8,10H2,1H3,(H2,19,21,22). The second-order valence-corrected chi connectivity index (χ2v) is 5.72. The molecule has 0 aromatic carbocycles. The first-order valence-electron chi connectivity index (χ1n) is 7.66. The highest BCUT2D eigenvalue weighted by Gasteiger charge is 2.15. The molecule has 0 bridgehead atoms. The number of pyridine rings is 2. The van der Waals surface area contributed by atoms with Gasteiger partial charge >= 0.3 is 0 Å². The first kappa shape index (κ1) is 13.3. The lowest BCUT2D eigenvalue weighted by atomic mass is 9.96. The molecule has 112 valence electrons. The molecule has 3 N–H and O–H groups in total. The molecule has 1 aliphatic rings. The molecule has 0 spiro atoms. The van der Waals surface area contributed by atoms with E-state index in [1.165, 1.54) is 16.7 Å². The molecule has 3 aromatic heterocycles. The van der Waals surface area contributed by atoms with Gasteiger partial charge in [0.1, 0.15) is 11.5 Å². The molecule has 0 saturated carbocycles. The molecule has 5 nitrogen and oxygen atoms in total. The number of hydrogen-bond donors (Lipinski definition) is 3. The molecule has 4 heterocycles. The van der Waals surface area contributed by atoms with Crippen molar-refractivity contribution in [1.82, 2.24) is 20.3 Å². The van der Waals surface area contributed by atoms with Crippen molar-refractivity contribution in [2.45, 2.75) is 26.4 Å². The predicted octanol–water partition coefficient (Wildman–Crippen LogP) is 2.52. The van der Waals surface area contributed by atoms with Crippen LogP contribution in [0.5, 0.6) is 0 Å². The summed E-state index contributed by atoms with van der Waals surface area (Å²) in [5, 5.41) is 7.98. The van der Waals surface area contributed by atoms with E-state index in [0.29, 0.717) is 0 Å². The van der Waals surface area contributed by atoms with Crippen LogP contribution in [0.3, 0.4) is 0 Å². The molecule has 3 aromatic rings. The Morgan fingerprint density at radius 2 is 2.23 bits per heavy atom. The Morgan fingerprint density at radius 1 is 1.27 bits per heavy atom. The summed E-state index contributed by atoms with van der Waals surface area (Å²) in [4.78, 5) is 12.3. The van der Waals surface area contributed by atoms with Gasteiger partial charge in [0, 0.05) is 36.6 Å². The highest BCUT2D eigenvalue weighted by molar-refractivity contribution is 5.77. The predicted molar refractivity (Wildman–Crippen MR) is 87.8 cm³/mol. The van der Waals surface area contributed by atoms with E-state index in [-0.39, 0.29) is 0 Å². The van der Waals surface area contributed by atoms with Gasteiger partial charge in [0.15, 0.2) is 0 Å². The number of aromatic amines is 1. The first-order valence-corrected chi connectivity index (χ1v) is 7.66. The summed E-state index contributed by atoms with van der Waals surface area (Å²) < 4.78 is 0. The number of hydrogen-bond acceptors (Lipinski definition) is 4. The van der Waals surface area contributed by atoms with Crippen LogP contribution in [0.4, 0.5) is 5.82 Å². The Kier molecular flexibility index (Phi) is 3.27. The molecule has 5 heteroatoms. The molecule has 0 unspecified atom stereocenters. The zero-order chi connectivity index (χ0) is 14.9. The van der Waals surface area contributed by atoms with Crippen molar-refractivity contribution in [2.75, 3.05) is 11.9 Å². The van der Waals surface area contributed by atoms with Gasteiger partial charge in [-0.1, -0.05) is 0 Å². The van der Waals surface area contributed by atoms with Crippen LogP contribution in [0.1, 0.15) is 22.4 Å². The molecule has 0 atom stereocenters. The average Bonchev–Trinajstić information content (AvgIpc) is 3.01. The topological polar surface area (TPSA) is 65.6 Å². The van der Waals surface area contributed by atoms with Crippen molar-refractivity contribution in [3.8, 4) is 0 Å². The monoisotopic (exact) mass is 293 g/mol. The van der Waals surface area contributed by atoms with Crippen molar-refractivity contribution < 1.29 is 0 Å². The van der Waals surface area contributed by atoms with Gasteiger partial charge in [-0.05, 0) is 54.8 Å². The Morgan fingerprint density at radius 3 is 3.18 bits per heavy atom. The average molecular weight is 293 g/mol. The molecule has 0 fully saturated rings. The van der Waals surface area contributed by atoms with Crippen molar-refractivity contribution in [3.05, 3.63) is 53.0 Å². The quantitative estimate of drug-likeness (QED) is 0.694. The van der Waals surface area contributed by atoms with Crippen LogP contribution < -0.4 is 10.6 Å². The summed E-state index contributed by atoms with van der Waals surface area (Å²) in [5.74, 6) is 0.890. The molecule has 0 aliphatic carbocycles. The van der Waals surface area contributed by atoms with E-state index >= 15 is 0 Å². The fourth-order valence-electron chi connectivity index (χ4n) is 3.09. The molecular formula is C17H19N5. The Balaban J connectivity index is 1.60. The van der Waals surface area contributed by atoms with E-state index in [1.807, 2.05) is 24.5 Å². The lowest BCUT2D eigenvalue weighted by molar-refractivity contribution is 0.634. The van der Waals surface area contributed by atoms with Gasteiger partial charge in [-0.15, -0.1) is 0 Å². The maximum Gasteiger partial charge on any atom is 0.139 e. The third kappa shape index (κ3) is 2.33. The van der Waals surface area contributed by atoms with Crippen LogP contribution in [-0.4, -0.2) is 21.5 Å². The summed E-state index contributed by atoms with van der Waals surface area (Å²) >= 11 is 0. The van der Waals surface area contributed by atoms with E-state index < -0.39 is 0 Å². The molecule has 0 amide bonds. The largest absolute Gasteiger partial charge is 0.366 e. The lowest BCUT2D eigenvalue weighted by Gasteiger charge is -2.21. The number of nitrogens with zero attached hydrogens (tertiary/aromatic N) is 2. The number of nitrogens with one attached hydrogen (secondary N) is 3. The maximum absolute atomic E-state index is 4.59. The molecule has 0 radical (unpaired) electrons. The van der Waals surface area contributed by atoms with Gasteiger partial charge in [-0.3, -0.25) is 4.98 Å². The third-order valence-corrected chi connectivity index (χ3v) is 4.33. The van der Waals surface area contributed by atoms with E-state index in [4.69, 9.17) is 0 Å². The third-order valence-electron chi connectivity index (χ3n) is 4.33. The van der Waals surface area contributed by atoms with Crippen molar-refractivity contribution >= 4 is 16.9 Å². The minimum absolute atomic E-state index is 0.765. The van der Waals surface area contributed by atoms with E-state index in [9.17, 15) is 0 Å². The summed E-state index contributed by atoms with van der Waals surface area (Å²) in [6.45, 7) is 4.81. The minimum Gasteiger partial charge on any atom is -0.366 e. The Hall–Kier alpha value is -2.40. The zero-order valence-electron chi connectivity index (χ0n) is 12.6. The highest BCUT2D eigenvalue weighted by Crippen LogP contribution is 2.22. The number of H-pyrrole nitrogens is 1. The summed E-state index contributed by atoms with van der Waals surface area (Å²) in [7, 11) is 0. The fraction of sp³-hybridized carbons (Fsp3) is 0.294. The van der Waals surface area contributed by atoms with Gasteiger partial charge in [-0.25, -0.2) is 4.98 Å². The van der Waals surface area contributed by atoms with Gasteiger partial charge in [0.05, 0.1) is 0 Å². The Bertz CT molecular complexity index is 821. The summed E-state index contributed by atoms with van der Waals surface area (Å²) in [6, 6.07) is 6.13. The molecule has 0 saturated heterocycles. The van der Waals surface area contributed by atoms with E-state index in [0.717, 1.165) is 48.6 Å². The number of anilines is 1. The number of rotatable bonds is 3. The molecule has 22 heavy (non-hydrogen) atoms. The van der Waals surface area contributed by atoms with Crippen LogP contribution in [0.15, 0.2) is 30.6 Å². The normalized spacial score (nSPS) is 14.0. The lowest BCUT2D eigenvalue weighted by Crippen LogP contribution is -2.26. The SMILES string of the molecule is Cc1ncc2c(c1CNc1ccc3cc[nH]c3n1)CCNC2. The first-order chi connectivity index (χ1) is 10.8. The zero-order valence-corrected chi connectivity index (χ0v) is 12.6. The van der Waals surface area contributed by atoms with Crippen LogP contribution in [0.2, 0.25) is 0 Å². The smallest absolute Gasteiger partial charge is 0.139 e.